The standard InChI is InChI=1S/C24H32BrNO4S/c1-24(2,3)19-6-4-18(5-7-19)14-26(21-12-13-31(28,29)17-21)15-22(27)16-30-23-10-8-20(25)9-11-23/h4-11,21-22,27H,12-17H2,1-3H3. The summed E-state index contributed by atoms with van der Waals surface area (Å²) in [7, 11) is -3.01. The third kappa shape index (κ3) is 7.31. The van der Waals surface area contributed by atoms with Crippen molar-refractivity contribution in [1.82, 2.24) is 4.90 Å². The van der Waals surface area contributed by atoms with Crippen LogP contribution in [0.25, 0.3) is 0 Å². The lowest BCUT2D eigenvalue weighted by atomic mass is 9.86. The zero-order chi connectivity index (χ0) is 22.6. The van der Waals surface area contributed by atoms with Gasteiger partial charge in [-0.05, 0) is 47.2 Å². The molecule has 31 heavy (non-hydrogen) atoms. The number of aliphatic hydroxyl groups is 1. The molecule has 2 aromatic rings. The quantitative estimate of drug-likeness (QED) is 0.578. The molecule has 0 aromatic heterocycles. The summed E-state index contributed by atoms with van der Waals surface area (Å²) in [4.78, 5) is 2.09. The molecular weight excluding hydrogens is 478 g/mol. The van der Waals surface area contributed by atoms with Crippen molar-refractivity contribution in [3.63, 3.8) is 0 Å². The summed E-state index contributed by atoms with van der Waals surface area (Å²) in [5.41, 5.74) is 2.45. The van der Waals surface area contributed by atoms with Gasteiger partial charge in [-0.25, -0.2) is 8.42 Å². The molecule has 2 atom stereocenters. The van der Waals surface area contributed by atoms with Crippen molar-refractivity contribution in [3.8, 4) is 5.75 Å². The summed E-state index contributed by atoms with van der Waals surface area (Å²) < 4.78 is 30.8. The zero-order valence-electron chi connectivity index (χ0n) is 18.4. The molecule has 1 fully saturated rings. The first kappa shape index (κ1) is 24.2. The normalized spacial score (nSPS) is 19.5. The van der Waals surface area contributed by atoms with E-state index in [1.54, 1.807) is 0 Å². The maximum atomic E-state index is 12.1. The van der Waals surface area contributed by atoms with Crippen molar-refractivity contribution >= 4 is 25.8 Å². The summed E-state index contributed by atoms with van der Waals surface area (Å²) in [5.74, 6) is 1.05. The van der Waals surface area contributed by atoms with E-state index in [1.165, 1.54) is 5.56 Å². The Morgan fingerprint density at radius 3 is 2.32 bits per heavy atom. The number of aliphatic hydroxyl groups excluding tert-OH is 1. The number of sulfone groups is 1. The highest BCUT2D eigenvalue weighted by atomic mass is 79.9. The summed E-state index contributed by atoms with van der Waals surface area (Å²) in [6.45, 7) is 7.65. The summed E-state index contributed by atoms with van der Waals surface area (Å²) >= 11 is 3.39. The van der Waals surface area contributed by atoms with E-state index in [4.69, 9.17) is 4.74 Å². The van der Waals surface area contributed by atoms with Crippen molar-refractivity contribution in [3.05, 3.63) is 64.1 Å². The SMILES string of the molecule is CC(C)(C)c1ccc(CN(CC(O)COc2ccc(Br)cc2)C2CCS(=O)(=O)C2)cc1. The molecule has 2 unspecified atom stereocenters. The molecule has 0 amide bonds. The second-order valence-electron chi connectivity index (χ2n) is 9.35. The lowest BCUT2D eigenvalue weighted by Crippen LogP contribution is -2.42. The van der Waals surface area contributed by atoms with Gasteiger partial charge in [0.1, 0.15) is 18.5 Å². The average molecular weight is 510 g/mol. The molecule has 1 heterocycles. The molecule has 7 heteroatoms. The van der Waals surface area contributed by atoms with E-state index >= 15 is 0 Å². The maximum absolute atomic E-state index is 12.1. The van der Waals surface area contributed by atoms with Gasteiger partial charge in [-0.1, -0.05) is 61.0 Å². The van der Waals surface area contributed by atoms with Gasteiger partial charge in [0.05, 0.1) is 11.5 Å². The number of hydrogen-bond donors (Lipinski definition) is 1. The molecular formula is C24H32BrNO4S. The Hall–Kier alpha value is -1.41. The summed E-state index contributed by atoms with van der Waals surface area (Å²) in [6, 6.07) is 15.8. The molecule has 0 saturated carbocycles. The molecule has 0 aliphatic carbocycles. The van der Waals surface area contributed by atoms with Gasteiger partial charge < -0.3 is 9.84 Å². The van der Waals surface area contributed by atoms with Crippen LogP contribution in [-0.2, 0) is 21.8 Å². The lowest BCUT2D eigenvalue weighted by molar-refractivity contribution is 0.0524. The maximum Gasteiger partial charge on any atom is 0.151 e. The molecule has 0 spiro atoms. The zero-order valence-corrected chi connectivity index (χ0v) is 20.8. The minimum atomic E-state index is -3.01. The van der Waals surface area contributed by atoms with E-state index < -0.39 is 15.9 Å². The van der Waals surface area contributed by atoms with E-state index in [0.29, 0.717) is 25.3 Å². The van der Waals surface area contributed by atoms with Crippen LogP contribution in [-0.4, -0.2) is 55.2 Å². The van der Waals surface area contributed by atoms with Gasteiger partial charge in [-0.2, -0.15) is 0 Å². The predicted molar refractivity (Wildman–Crippen MR) is 128 cm³/mol. The van der Waals surface area contributed by atoms with Crippen LogP contribution in [0.5, 0.6) is 5.75 Å². The van der Waals surface area contributed by atoms with E-state index in [0.717, 1.165) is 10.0 Å². The third-order valence-corrected chi connectivity index (χ3v) is 7.91. The van der Waals surface area contributed by atoms with Crippen LogP contribution in [0, 0.1) is 0 Å². The van der Waals surface area contributed by atoms with Crippen molar-refractivity contribution < 1.29 is 18.3 Å². The van der Waals surface area contributed by atoms with Gasteiger partial charge in [0.2, 0.25) is 0 Å². The summed E-state index contributed by atoms with van der Waals surface area (Å²) in [6.07, 6.45) is -0.122. The van der Waals surface area contributed by atoms with E-state index in [1.807, 2.05) is 24.3 Å². The van der Waals surface area contributed by atoms with Gasteiger partial charge in [0, 0.05) is 23.6 Å². The minimum Gasteiger partial charge on any atom is -0.491 e. The van der Waals surface area contributed by atoms with Crippen molar-refractivity contribution in [2.24, 2.45) is 0 Å². The molecule has 3 rings (SSSR count). The van der Waals surface area contributed by atoms with Crippen LogP contribution in [0.2, 0.25) is 0 Å². The fourth-order valence-electron chi connectivity index (χ4n) is 3.80. The largest absolute Gasteiger partial charge is 0.491 e. The molecule has 1 N–H and O–H groups in total. The van der Waals surface area contributed by atoms with Crippen LogP contribution in [0.15, 0.2) is 53.0 Å². The van der Waals surface area contributed by atoms with Gasteiger partial charge in [-0.3, -0.25) is 4.90 Å². The monoisotopic (exact) mass is 509 g/mol. The molecule has 1 aliphatic heterocycles. The first-order valence-corrected chi connectivity index (χ1v) is 13.2. The number of halogens is 1. The summed E-state index contributed by atoms with van der Waals surface area (Å²) in [5, 5.41) is 10.6. The molecule has 0 bridgehead atoms. The predicted octanol–water partition coefficient (Wildman–Crippen LogP) is 4.18. The Labute approximate surface area is 194 Å². The number of nitrogens with zero attached hydrogens (tertiary/aromatic N) is 1. The van der Waals surface area contributed by atoms with Gasteiger partial charge in [-0.15, -0.1) is 0 Å². The molecule has 1 saturated heterocycles. The van der Waals surface area contributed by atoms with E-state index in [-0.39, 0.29) is 29.6 Å². The fraction of sp³-hybridized carbons (Fsp3) is 0.500. The highest BCUT2D eigenvalue weighted by Crippen LogP contribution is 2.24. The molecule has 2 aromatic carbocycles. The second kappa shape index (κ2) is 10.0. The fourth-order valence-corrected chi connectivity index (χ4v) is 5.82. The molecule has 0 radical (unpaired) electrons. The van der Waals surface area contributed by atoms with Crippen molar-refractivity contribution in [1.29, 1.82) is 0 Å². The topological polar surface area (TPSA) is 66.8 Å². The lowest BCUT2D eigenvalue weighted by Gasteiger charge is -2.30. The number of rotatable bonds is 8. The third-order valence-electron chi connectivity index (χ3n) is 5.63. The highest BCUT2D eigenvalue weighted by Gasteiger charge is 2.33. The highest BCUT2D eigenvalue weighted by molar-refractivity contribution is 9.10. The van der Waals surface area contributed by atoms with Gasteiger partial charge >= 0.3 is 0 Å². The average Bonchev–Trinajstić information content (AvgIpc) is 3.06. The van der Waals surface area contributed by atoms with E-state index in [9.17, 15) is 13.5 Å². The number of hydrogen-bond acceptors (Lipinski definition) is 5. The van der Waals surface area contributed by atoms with Crippen molar-refractivity contribution in [2.75, 3.05) is 24.7 Å². The first-order valence-electron chi connectivity index (χ1n) is 10.6. The Bertz CT molecular complexity index is 953. The first-order chi connectivity index (χ1) is 14.5. The molecule has 170 valence electrons. The van der Waals surface area contributed by atoms with E-state index in [2.05, 4.69) is 65.9 Å². The Morgan fingerprint density at radius 1 is 1.13 bits per heavy atom. The van der Waals surface area contributed by atoms with Gasteiger partial charge in [0.25, 0.3) is 0 Å². The van der Waals surface area contributed by atoms with Gasteiger partial charge in [0.15, 0.2) is 9.84 Å². The van der Waals surface area contributed by atoms with Crippen LogP contribution in [0.1, 0.15) is 38.3 Å². The van der Waals surface area contributed by atoms with Crippen LogP contribution >= 0.6 is 15.9 Å². The Morgan fingerprint density at radius 2 is 1.77 bits per heavy atom. The Kier molecular flexibility index (Phi) is 7.84. The molecule has 1 aliphatic rings. The Balaban J connectivity index is 1.66. The second-order valence-corrected chi connectivity index (χ2v) is 12.5. The van der Waals surface area contributed by atoms with Crippen LogP contribution < -0.4 is 4.74 Å². The van der Waals surface area contributed by atoms with Crippen molar-refractivity contribution in [2.45, 2.75) is 51.3 Å². The smallest absolute Gasteiger partial charge is 0.151 e. The number of benzene rings is 2. The van der Waals surface area contributed by atoms with Crippen LogP contribution in [0.3, 0.4) is 0 Å². The minimum absolute atomic E-state index is 0.0817. The number of ether oxygens (including phenoxy) is 1. The molecule has 5 nitrogen and oxygen atoms in total. The van der Waals surface area contributed by atoms with Crippen LogP contribution in [0.4, 0.5) is 0 Å².